The van der Waals surface area contributed by atoms with Crippen LogP contribution in [-0.4, -0.2) is 9.61 Å². The lowest BCUT2D eigenvalue weighted by Gasteiger charge is -2.11. The number of nitrogens with zero attached hydrogens (tertiary/aromatic N) is 2. The van der Waals surface area contributed by atoms with E-state index in [2.05, 4.69) is 40.9 Å². The van der Waals surface area contributed by atoms with Crippen molar-refractivity contribution in [2.45, 2.75) is 19.5 Å². The fourth-order valence-corrected chi connectivity index (χ4v) is 2.78. The van der Waals surface area contributed by atoms with Crippen molar-refractivity contribution in [2.75, 3.05) is 0 Å². The number of nitrogens with one attached hydrogen (secondary N) is 1. The van der Waals surface area contributed by atoms with E-state index in [1.165, 1.54) is 16.0 Å². The number of fused-ring (bicyclic) bond motifs is 1. The SMILES string of the molecule is C[C@@H](NCc1cnn2ccccc12)c1cccs1. The molecule has 1 N–H and O–H groups in total. The first-order valence-electron chi connectivity index (χ1n) is 6.02. The first-order chi connectivity index (χ1) is 8.84. The van der Waals surface area contributed by atoms with Gasteiger partial charge in [0.15, 0.2) is 0 Å². The molecule has 92 valence electrons. The van der Waals surface area contributed by atoms with Crippen LogP contribution < -0.4 is 5.32 Å². The molecule has 4 heteroatoms. The monoisotopic (exact) mass is 257 g/mol. The summed E-state index contributed by atoms with van der Waals surface area (Å²) >= 11 is 1.79. The summed E-state index contributed by atoms with van der Waals surface area (Å²) in [5, 5.41) is 9.99. The number of rotatable bonds is 4. The lowest BCUT2D eigenvalue weighted by molar-refractivity contribution is 0.584. The molecule has 0 aliphatic rings. The van der Waals surface area contributed by atoms with E-state index in [0.717, 1.165) is 6.54 Å². The Morgan fingerprint density at radius 2 is 2.28 bits per heavy atom. The van der Waals surface area contributed by atoms with Gasteiger partial charge in [-0.05, 0) is 30.5 Å². The van der Waals surface area contributed by atoms with Crippen molar-refractivity contribution in [2.24, 2.45) is 0 Å². The zero-order valence-electron chi connectivity index (χ0n) is 10.2. The van der Waals surface area contributed by atoms with Gasteiger partial charge in [0.1, 0.15) is 0 Å². The van der Waals surface area contributed by atoms with E-state index in [9.17, 15) is 0 Å². The minimum atomic E-state index is 0.378. The second kappa shape index (κ2) is 4.92. The Labute approximate surface area is 110 Å². The summed E-state index contributed by atoms with van der Waals surface area (Å²) in [6, 6.07) is 10.8. The molecule has 0 saturated carbocycles. The molecule has 0 spiro atoms. The third-order valence-electron chi connectivity index (χ3n) is 3.07. The van der Waals surface area contributed by atoms with Crippen LogP contribution in [0.1, 0.15) is 23.4 Å². The van der Waals surface area contributed by atoms with E-state index in [0.29, 0.717) is 6.04 Å². The van der Waals surface area contributed by atoms with Crippen LogP contribution in [0, 0.1) is 0 Å². The third kappa shape index (κ3) is 2.17. The van der Waals surface area contributed by atoms with E-state index in [-0.39, 0.29) is 0 Å². The highest BCUT2D eigenvalue weighted by Crippen LogP contribution is 2.19. The molecule has 18 heavy (non-hydrogen) atoms. The number of pyridine rings is 1. The van der Waals surface area contributed by atoms with Crippen LogP contribution in [-0.2, 0) is 6.54 Å². The Hall–Kier alpha value is -1.65. The predicted octanol–water partition coefficient (Wildman–Crippen LogP) is 3.25. The van der Waals surface area contributed by atoms with E-state index in [1.54, 1.807) is 11.3 Å². The first-order valence-corrected chi connectivity index (χ1v) is 6.90. The van der Waals surface area contributed by atoms with Crippen LogP contribution in [0.2, 0.25) is 0 Å². The molecule has 3 aromatic rings. The molecule has 1 atom stereocenters. The van der Waals surface area contributed by atoms with Crippen LogP contribution in [0.15, 0.2) is 48.1 Å². The maximum Gasteiger partial charge on any atom is 0.0706 e. The van der Waals surface area contributed by atoms with Gasteiger partial charge in [0.2, 0.25) is 0 Å². The van der Waals surface area contributed by atoms with Gasteiger partial charge in [-0.3, -0.25) is 0 Å². The standard InChI is InChI=1S/C14H15N3S/c1-11(14-6-4-8-18-14)15-9-12-10-16-17-7-3-2-5-13(12)17/h2-8,10-11,15H,9H2,1H3/t11-/m1/s1. The highest BCUT2D eigenvalue weighted by molar-refractivity contribution is 7.10. The maximum absolute atomic E-state index is 4.34. The van der Waals surface area contributed by atoms with Gasteiger partial charge in [0.05, 0.1) is 11.7 Å². The van der Waals surface area contributed by atoms with Crippen molar-refractivity contribution in [3.8, 4) is 0 Å². The Balaban J connectivity index is 1.73. The largest absolute Gasteiger partial charge is 0.305 e. The second-order valence-corrected chi connectivity index (χ2v) is 5.30. The highest BCUT2D eigenvalue weighted by atomic mass is 32.1. The zero-order chi connectivity index (χ0) is 12.4. The molecule has 0 amide bonds. The molecule has 0 bridgehead atoms. The number of hydrogen-bond acceptors (Lipinski definition) is 3. The number of aromatic nitrogens is 2. The van der Waals surface area contributed by atoms with E-state index >= 15 is 0 Å². The lowest BCUT2D eigenvalue weighted by atomic mass is 10.2. The van der Waals surface area contributed by atoms with Gasteiger partial charge in [-0.1, -0.05) is 12.1 Å². The molecule has 0 radical (unpaired) electrons. The fourth-order valence-electron chi connectivity index (χ4n) is 2.02. The molecule has 3 rings (SSSR count). The Kier molecular flexibility index (Phi) is 3.13. The van der Waals surface area contributed by atoms with Crippen molar-refractivity contribution < 1.29 is 0 Å². The zero-order valence-corrected chi connectivity index (χ0v) is 11.0. The first kappa shape index (κ1) is 11.4. The van der Waals surface area contributed by atoms with Crippen LogP contribution in [0.25, 0.3) is 5.52 Å². The Morgan fingerprint density at radius 3 is 3.11 bits per heavy atom. The Bertz CT molecular complexity index is 627. The minimum Gasteiger partial charge on any atom is -0.305 e. The quantitative estimate of drug-likeness (QED) is 0.777. The van der Waals surface area contributed by atoms with Crippen molar-refractivity contribution in [3.63, 3.8) is 0 Å². The molecular weight excluding hydrogens is 242 g/mol. The van der Waals surface area contributed by atoms with Gasteiger partial charge in [-0.2, -0.15) is 5.10 Å². The van der Waals surface area contributed by atoms with Gasteiger partial charge in [-0.15, -0.1) is 11.3 Å². The highest BCUT2D eigenvalue weighted by Gasteiger charge is 2.08. The lowest BCUT2D eigenvalue weighted by Crippen LogP contribution is -2.16. The molecule has 3 aromatic heterocycles. The van der Waals surface area contributed by atoms with Gasteiger partial charge in [0.25, 0.3) is 0 Å². The van der Waals surface area contributed by atoms with Crippen molar-refractivity contribution in [1.82, 2.24) is 14.9 Å². The summed E-state index contributed by atoms with van der Waals surface area (Å²) in [5.74, 6) is 0. The number of hydrogen-bond donors (Lipinski definition) is 1. The molecule has 0 unspecified atom stereocenters. The van der Waals surface area contributed by atoms with Gasteiger partial charge < -0.3 is 5.32 Å². The fraction of sp³-hybridized carbons (Fsp3) is 0.214. The topological polar surface area (TPSA) is 29.3 Å². The smallest absolute Gasteiger partial charge is 0.0706 e. The Morgan fingerprint density at radius 1 is 1.33 bits per heavy atom. The summed E-state index contributed by atoms with van der Waals surface area (Å²) in [6.07, 6.45) is 3.91. The summed E-state index contributed by atoms with van der Waals surface area (Å²) in [4.78, 5) is 1.37. The normalized spacial score (nSPS) is 12.9. The van der Waals surface area contributed by atoms with E-state index < -0.39 is 0 Å². The van der Waals surface area contributed by atoms with Crippen LogP contribution in [0.5, 0.6) is 0 Å². The minimum absolute atomic E-state index is 0.378. The summed E-state index contributed by atoms with van der Waals surface area (Å²) in [5.41, 5.74) is 2.40. The summed E-state index contributed by atoms with van der Waals surface area (Å²) < 4.78 is 1.91. The van der Waals surface area contributed by atoms with Gasteiger partial charge in [-0.25, -0.2) is 4.52 Å². The second-order valence-electron chi connectivity index (χ2n) is 4.32. The molecule has 0 fully saturated rings. The van der Waals surface area contributed by atoms with Crippen molar-refractivity contribution in [3.05, 3.63) is 58.5 Å². The van der Waals surface area contributed by atoms with Gasteiger partial charge in [0, 0.05) is 29.2 Å². The molecule has 0 saturated heterocycles. The molecule has 0 aromatic carbocycles. The summed E-state index contributed by atoms with van der Waals surface area (Å²) in [6.45, 7) is 3.03. The maximum atomic E-state index is 4.34. The third-order valence-corrected chi connectivity index (χ3v) is 4.13. The molecule has 3 heterocycles. The summed E-state index contributed by atoms with van der Waals surface area (Å²) in [7, 11) is 0. The van der Waals surface area contributed by atoms with Crippen molar-refractivity contribution >= 4 is 16.9 Å². The molecule has 3 nitrogen and oxygen atoms in total. The molecule has 0 aliphatic carbocycles. The van der Waals surface area contributed by atoms with E-state index in [1.807, 2.05) is 29.0 Å². The molecular formula is C14H15N3S. The molecule has 0 aliphatic heterocycles. The average Bonchev–Trinajstić information content (AvgIpc) is 3.06. The number of thiophene rings is 1. The van der Waals surface area contributed by atoms with Gasteiger partial charge >= 0.3 is 0 Å². The predicted molar refractivity (Wildman–Crippen MR) is 74.8 cm³/mol. The van der Waals surface area contributed by atoms with Crippen molar-refractivity contribution in [1.29, 1.82) is 0 Å². The van der Waals surface area contributed by atoms with E-state index in [4.69, 9.17) is 0 Å². The van der Waals surface area contributed by atoms with Crippen LogP contribution >= 0.6 is 11.3 Å². The van der Waals surface area contributed by atoms with Crippen LogP contribution in [0.4, 0.5) is 0 Å². The average molecular weight is 257 g/mol. The van der Waals surface area contributed by atoms with Crippen LogP contribution in [0.3, 0.4) is 0 Å².